The predicted molar refractivity (Wildman–Crippen MR) is 94.2 cm³/mol. The van der Waals surface area contributed by atoms with Crippen molar-refractivity contribution in [3.63, 3.8) is 0 Å². The largest absolute Gasteiger partial charge is 0.465 e. The first-order valence-corrected chi connectivity index (χ1v) is 7.98. The number of hydrogen-bond donors (Lipinski definition) is 1. The van der Waals surface area contributed by atoms with Crippen molar-refractivity contribution >= 4 is 44.7 Å². The van der Waals surface area contributed by atoms with E-state index < -0.39 is 16.8 Å². The molecule has 0 aliphatic rings. The molecule has 0 atom stereocenters. The third-order valence-corrected chi connectivity index (χ3v) is 4.67. The van der Waals surface area contributed by atoms with Gasteiger partial charge in [-0.25, -0.2) is 4.79 Å². The predicted octanol–water partition coefficient (Wildman–Crippen LogP) is 3.85. The molecule has 8 heteroatoms. The van der Waals surface area contributed by atoms with Gasteiger partial charge in [-0.3, -0.25) is 14.9 Å². The van der Waals surface area contributed by atoms with E-state index in [0.29, 0.717) is 11.1 Å². The number of hydrogen-bond acceptors (Lipinski definition) is 6. The van der Waals surface area contributed by atoms with Gasteiger partial charge in [0.25, 0.3) is 11.6 Å². The van der Waals surface area contributed by atoms with E-state index in [1.165, 1.54) is 42.7 Å². The third-order valence-electron chi connectivity index (χ3n) is 3.52. The van der Waals surface area contributed by atoms with E-state index in [0.717, 1.165) is 4.70 Å². The van der Waals surface area contributed by atoms with Gasteiger partial charge >= 0.3 is 5.97 Å². The number of nitrogens with one attached hydrogen (secondary N) is 1. The Bertz CT molecular complexity index is 996. The third kappa shape index (κ3) is 3.20. The van der Waals surface area contributed by atoms with Crippen LogP contribution in [0.1, 0.15) is 20.0 Å². The van der Waals surface area contributed by atoms with Crippen LogP contribution in [-0.4, -0.2) is 23.9 Å². The lowest BCUT2D eigenvalue weighted by Gasteiger charge is -2.07. The molecule has 0 saturated carbocycles. The van der Waals surface area contributed by atoms with E-state index >= 15 is 0 Å². The minimum Gasteiger partial charge on any atom is -0.465 e. The van der Waals surface area contributed by atoms with E-state index in [1.54, 1.807) is 12.1 Å². The summed E-state index contributed by atoms with van der Waals surface area (Å²) < 4.78 is 5.59. The fourth-order valence-corrected chi connectivity index (χ4v) is 3.43. The molecule has 126 valence electrons. The van der Waals surface area contributed by atoms with Crippen LogP contribution >= 0.6 is 11.3 Å². The number of anilines is 1. The van der Waals surface area contributed by atoms with Crippen LogP contribution in [0.5, 0.6) is 0 Å². The fourth-order valence-electron chi connectivity index (χ4n) is 2.35. The van der Waals surface area contributed by atoms with Gasteiger partial charge in [-0.1, -0.05) is 24.3 Å². The zero-order valence-electron chi connectivity index (χ0n) is 13.0. The van der Waals surface area contributed by atoms with Crippen molar-refractivity contribution in [2.75, 3.05) is 12.4 Å². The van der Waals surface area contributed by atoms with Gasteiger partial charge in [0.05, 0.1) is 17.7 Å². The van der Waals surface area contributed by atoms with Crippen molar-refractivity contribution in [2.45, 2.75) is 0 Å². The molecule has 0 spiro atoms. The molecule has 0 radical (unpaired) electrons. The second-order valence-electron chi connectivity index (χ2n) is 5.06. The maximum atomic E-state index is 12.5. The summed E-state index contributed by atoms with van der Waals surface area (Å²) in [5.74, 6) is -1.10. The summed E-state index contributed by atoms with van der Waals surface area (Å²) in [6.45, 7) is 0. The minimum atomic E-state index is -0.573. The number of non-ortho nitro benzene ring substituents is 1. The minimum absolute atomic E-state index is 0.125. The molecule has 3 aromatic rings. The highest BCUT2D eigenvalue weighted by molar-refractivity contribution is 7.21. The van der Waals surface area contributed by atoms with Gasteiger partial charge in [0.1, 0.15) is 4.88 Å². The van der Waals surface area contributed by atoms with Gasteiger partial charge in [-0.15, -0.1) is 11.3 Å². The number of amides is 1. The molecule has 1 aromatic heterocycles. The monoisotopic (exact) mass is 356 g/mol. The molecular formula is C17H12N2O5S. The average Bonchev–Trinajstić information content (AvgIpc) is 2.99. The summed E-state index contributed by atoms with van der Waals surface area (Å²) in [6, 6.07) is 12.6. The number of methoxy groups -OCH3 is 1. The molecule has 0 aliphatic carbocycles. The Labute approximate surface area is 146 Å². The summed E-state index contributed by atoms with van der Waals surface area (Å²) in [6.07, 6.45) is 0. The molecule has 25 heavy (non-hydrogen) atoms. The number of nitro benzene ring substituents is 1. The van der Waals surface area contributed by atoms with E-state index in [2.05, 4.69) is 5.32 Å². The summed E-state index contributed by atoms with van der Waals surface area (Å²) in [5.41, 5.74) is 0.278. The summed E-state index contributed by atoms with van der Waals surface area (Å²) >= 11 is 1.20. The number of nitrogens with zero attached hydrogens (tertiary/aromatic N) is 1. The first-order valence-electron chi connectivity index (χ1n) is 7.17. The average molecular weight is 356 g/mol. The molecule has 0 unspecified atom stereocenters. The van der Waals surface area contributed by atoms with Crippen LogP contribution in [0.25, 0.3) is 10.1 Å². The standard InChI is InChI=1S/C17H12N2O5S/c1-24-17(21)15-14(12-7-2-3-8-13(12)25-15)18-16(20)10-5-4-6-11(9-10)19(22)23/h2-9H,1H3,(H,18,20). The van der Waals surface area contributed by atoms with Crippen LogP contribution < -0.4 is 5.32 Å². The lowest BCUT2D eigenvalue weighted by Crippen LogP contribution is -2.14. The molecule has 2 aromatic carbocycles. The molecule has 0 bridgehead atoms. The number of nitro groups is 1. The number of ether oxygens (including phenoxy) is 1. The molecule has 0 saturated heterocycles. The second kappa shape index (κ2) is 6.70. The Morgan fingerprint density at radius 2 is 1.92 bits per heavy atom. The second-order valence-corrected chi connectivity index (χ2v) is 6.11. The highest BCUT2D eigenvalue weighted by Crippen LogP contribution is 2.36. The smallest absolute Gasteiger partial charge is 0.350 e. The molecular weight excluding hydrogens is 344 g/mol. The molecule has 1 N–H and O–H groups in total. The lowest BCUT2D eigenvalue weighted by molar-refractivity contribution is -0.384. The summed E-state index contributed by atoms with van der Waals surface area (Å²) in [4.78, 5) is 35.1. The highest BCUT2D eigenvalue weighted by atomic mass is 32.1. The number of rotatable bonds is 4. The van der Waals surface area contributed by atoms with Crippen LogP contribution in [0, 0.1) is 10.1 Å². The van der Waals surface area contributed by atoms with Crippen molar-refractivity contribution < 1.29 is 19.2 Å². The zero-order chi connectivity index (χ0) is 18.0. The molecule has 7 nitrogen and oxygen atoms in total. The summed E-state index contributed by atoms with van der Waals surface area (Å²) in [5, 5.41) is 14.2. The van der Waals surface area contributed by atoms with E-state index in [4.69, 9.17) is 4.74 Å². The zero-order valence-corrected chi connectivity index (χ0v) is 13.8. The van der Waals surface area contributed by atoms with Crippen molar-refractivity contribution in [3.8, 4) is 0 Å². The van der Waals surface area contributed by atoms with Crippen LogP contribution in [0.4, 0.5) is 11.4 Å². The normalized spacial score (nSPS) is 10.4. The van der Waals surface area contributed by atoms with Crippen molar-refractivity contribution in [3.05, 3.63) is 69.1 Å². The fraction of sp³-hybridized carbons (Fsp3) is 0.0588. The molecule has 3 rings (SSSR count). The van der Waals surface area contributed by atoms with Gasteiger partial charge in [0.15, 0.2) is 0 Å². The maximum Gasteiger partial charge on any atom is 0.350 e. The highest BCUT2D eigenvalue weighted by Gasteiger charge is 2.21. The van der Waals surface area contributed by atoms with Crippen LogP contribution in [0.2, 0.25) is 0 Å². The van der Waals surface area contributed by atoms with E-state index in [9.17, 15) is 19.7 Å². The van der Waals surface area contributed by atoms with E-state index in [-0.39, 0.29) is 16.1 Å². The van der Waals surface area contributed by atoms with Crippen LogP contribution in [0.15, 0.2) is 48.5 Å². The first-order chi connectivity index (χ1) is 12.0. The Balaban J connectivity index is 2.02. The Morgan fingerprint density at radius 1 is 1.16 bits per heavy atom. The molecule has 1 amide bonds. The van der Waals surface area contributed by atoms with Crippen molar-refractivity contribution in [2.24, 2.45) is 0 Å². The van der Waals surface area contributed by atoms with Gasteiger partial charge in [0.2, 0.25) is 0 Å². The van der Waals surface area contributed by atoms with Crippen LogP contribution in [0.3, 0.4) is 0 Å². The van der Waals surface area contributed by atoms with Gasteiger partial charge < -0.3 is 10.1 Å². The molecule has 0 fully saturated rings. The van der Waals surface area contributed by atoms with E-state index in [1.807, 2.05) is 12.1 Å². The first kappa shape index (κ1) is 16.6. The van der Waals surface area contributed by atoms with Gasteiger partial charge in [-0.2, -0.15) is 0 Å². The quantitative estimate of drug-likeness (QED) is 0.435. The number of esters is 1. The Kier molecular flexibility index (Phi) is 4.44. The van der Waals surface area contributed by atoms with Crippen LogP contribution in [-0.2, 0) is 4.74 Å². The maximum absolute atomic E-state index is 12.5. The molecule has 1 heterocycles. The lowest BCUT2D eigenvalue weighted by atomic mass is 10.1. The topological polar surface area (TPSA) is 98.5 Å². The Hall–Kier alpha value is -3.26. The van der Waals surface area contributed by atoms with Crippen molar-refractivity contribution in [1.82, 2.24) is 0 Å². The van der Waals surface area contributed by atoms with Gasteiger partial charge in [0, 0.05) is 27.8 Å². The molecule has 0 aliphatic heterocycles. The Morgan fingerprint density at radius 3 is 2.64 bits per heavy atom. The summed E-state index contributed by atoms with van der Waals surface area (Å²) in [7, 11) is 1.26. The van der Waals surface area contributed by atoms with Crippen molar-refractivity contribution in [1.29, 1.82) is 0 Å². The SMILES string of the molecule is COC(=O)c1sc2ccccc2c1NC(=O)c1cccc([N+](=O)[O-])c1. The number of carbonyl (C=O) groups is 2. The number of fused-ring (bicyclic) bond motifs is 1. The number of thiophene rings is 1. The number of benzene rings is 2. The number of carbonyl (C=O) groups excluding carboxylic acids is 2. The van der Waals surface area contributed by atoms with Gasteiger partial charge in [-0.05, 0) is 12.1 Å².